The summed E-state index contributed by atoms with van der Waals surface area (Å²) in [7, 11) is 0. The van der Waals surface area contributed by atoms with E-state index in [1.165, 1.54) is 0 Å². The predicted molar refractivity (Wildman–Crippen MR) is 102 cm³/mol. The lowest BCUT2D eigenvalue weighted by molar-refractivity contribution is -0.147. The standard InChI is InChI=1S/C20H20N2O3S/c1-26-12-11-18(22-19(23)17-5-3-2-4-6-17)20(24)25-14-16-9-7-15(13-21)8-10-16/h2-10,18H,11-12,14H2,1H3,(H,22,23). The van der Waals surface area contributed by atoms with Crippen LogP contribution in [0.4, 0.5) is 0 Å². The molecule has 134 valence electrons. The first-order valence-corrected chi connectivity index (χ1v) is 9.54. The Labute approximate surface area is 157 Å². The summed E-state index contributed by atoms with van der Waals surface area (Å²) in [4.78, 5) is 24.7. The van der Waals surface area contributed by atoms with Crippen molar-refractivity contribution in [3.63, 3.8) is 0 Å². The van der Waals surface area contributed by atoms with E-state index < -0.39 is 12.0 Å². The number of hydrogen-bond acceptors (Lipinski definition) is 5. The summed E-state index contributed by atoms with van der Waals surface area (Å²) in [6, 6.07) is 16.9. The lowest BCUT2D eigenvalue weighted by Gasteiger charge is -2.17. The van der Waals surface area contributed by atoms with E-state index in [0.29, 0.717) is 17.5 Å². The summed E-state index contributed by atoms with van der Waals surface area (Å²) in [5, 5.41) is 11.6. The fourth-order valence-corrected chi connectivity index (χ4v) is 2.72. The Morgan fingerprint density at radius 3 is 2.46 bits per heavy atom. The van der Waals surface area contributed by atoms with Gasteiger partial charge in [-0.05, 0) is 48.3 Å². The predicted octanol–water partition coefficient (Wildman–Crippen LogP) is 3.15. The van der Waals surface area contributed by atoms with Crippen molar-refractivity contribution in [1.29, 1.82) is 5.26 Å². The lowest BCUT2D eigenvalue weighted by atomic mass is 10.1. The number of nitrogens with one attached hydrogen (secondary N) is 1. The van der Waals surface area contributed by atoms with Crippen LogP contribution in [0.5, 0.6) is 0 Å². The van der Waals surface area contributed by atoms with Gasteiger partial charge in [-0.15, -0.1) is 0 Å². The molecule has 2 rings (SSSR count). The number of carbonyl (C=O) groups is 2. The van der Waals surface area contributed by atoms with Crippen LogP contribution in [0.25, 0.3) is 0 Å². The van der Waals surface area contributed by atoms with Crippen LogP contribution in [0.3, 0.4) is 0 Å². The van der Waals surface area contributed by atoms with Crippen molar-refractivity contribution >= 4 is 23.6 Å². The van der Waals surface area contributed by atoms with E-state index in [0.717, 1.165) is 11.3 Å². The molecule has 0 radical (unpaired) electrons. The number of hydrogen-bond donors (Lipinski definition) is 1. The number of ether oxygens (including phenoxy) is 1. The SMILES string of the molecule is CSCCC(NC(=O)c1ccccc1)C(=O)OCc1ccc(C#N)cc1. The zero-order valence-corrected chi connectivity index (χ0v) is 15.3. The van der Waals surface area contributed by atoms with Gasteiger partial charge in [-0.1, -0.05) is 30.3 Å². The Bertz CT molecular complexity index is 770. The Balaban J connectivity index is 1.96. The lowest BCUT2D eigenvalue weighted by Crippen LogP contribution is -2.42. The van der Waals surface area contributed by atoms with Crippen LogP contribution in [0.2, 0.25) is 0 Å². The monoisotopic (exact) mass is 368 g/mol. The fourth-order valence-electron chi connectivity index (χ4n) is 2.25. The van der Waals surface area contributed by atoms with Gasteiger partial charge in [0.2, 0.25) is 0 Å². The van der Waals surface area contributed by atoms with Gasteiger partial charge in [0.15, 0.2) is 0 Å². The molecule has 0 aliphatic heterocycles. The summed E-state index contributed by atoms with van der Waals surface area (Å²) in [5.41, 5.74) is 1.84. The Hall–Kier alpha value is -2.78. The summed E-state index contributed by atoms with van der Waals surface area (Å²) < 4.78 is 5.35. The van der Waals surface area contributed by atoms with E-state index in [1.54, 1.807) is 60.3 Å². The van der Waals surface area contributed by atoms with Crippen molar-refractivity contribution in [3.05, 3.63) is 71.3 Å². The molecule has 1 amide bonds. The fraction of sp³-hybridized carbons (Fsp3) is 0.250. The second-order valence-electron chi connectivity index (χ2n) is 5.59. The molecular formula is C20H20N2O3S. The van der Waals surface area contributed by atoms with Crippen molar-refractivity contribution in [1.82, 2.24) is 5.32 Å². The summed E-state index contributed by atoms with van der Waals surface area (Å²) in [6.07, 6.45) is 2.43. The molecule has 6 heteroatoms. The third kappa shape index (κ3) is 5.94. The van der Waals surface area contributed by atoms with E-state index in [-0.39, 0.29) is 12.5 Å². The molecule has 2 aromatic rings. The average molecular weight is 368 g/mol. The van der Waals surface area contributed by atoms with Gasteiger partial charge in [-0.3, -0.25) is 4.79 Å². The third-order valence-corrected chi connectivity index (χ3v) is 4.34. The van der Waals surface area contributed by atoms with Crippen molar-refractivity contribution in [2.45, 2.75) is 19.1 Å². The molecule has 0 aliphatic rings. The molecule has 1 atom stereocenters. The third-order valence-electron chi connectivity index (χ3n) is 3.70. The molecule has 0 bridgehead atoms. The number of nitrogens with zero attached hydrogens (tertiary/aromatic N) is 1. The molecule has 0 saturated heterocycles. The van der Waals surface area contributed by atoms with Crippen LogP contribution in [0.1, 0.15) is 27.9 Å². The van der Waals surface area contributed by atoms with Crippen LogP contribution < -0.4 is 5.32 Å². The zero-order chi connectivity index (χ0) is 18.8. The molecule has 0 aliphatic carbocycles. The highest BCUT2D eigenvalue weighted by Crippen LogP contribution is 2.09. The number of esters is 1. The maximum Gasteiger partial charge on any atom is 0.329 e. The molecule has 0 aromatic heterocycles. The van der Waals surface area contributed by atoms with Crippen LogP contribution >= 0.6 is 11.8 Å². The van der Waals surface area contributed by atoms with Crippen molar-refractivity contribution in [2.24, 2.45) is 0 Å². The minimum atomic E-state index is -0.700. The Morgan fingerprint density at radius 1 is 1.15 bits per heavy atom. The summed E-state index contributed by atoms with van der Waals surface area (Å²) >= 11 is 1.60. The van der Waals surface area contributed by atoms with Crippen molar-refractivity contribution < 1.29 is 14.3 Å². The van der Waals surface area contributed by atoms with Crippen LogP contribution in [0, 0.1) is 11.3 Å². The number of carbonyl (C=O) groups excluding carboxylic acids is 2. The van der Waals surface area contributed by atoms with Gasteiger partial charge >= 0.3 is 5.97 Å². The second-order valence-corrected chi connectivity index (χ2v) is 6.58. The van der Waals surface area contributed by atoms with Crippen LogP contribution in [0.15, 0.2) is 54.6 Å². The molecule has 5 nitrogen and oxygen atoms in total. The largest absolute Gasteiger partial charge is 0.459 e. The van der Waals surface area contributed by atoms with Gasteiger partial charge < -0.3 is 10.1 Å². The topological polar surface area (TPSA) is 79.2 Å². The first-order chi connectivity index (χ1) is 12.6. The number of thioether (sulfide) groups is 1. The van der Waals surface area contributed by atoms with Crippen LogP contribution in [-0.4, -0.2) is 29.9 Å². The minimum Gasteiger partial charge on any atom is -0.459 e. The smallest absolute Gasteiger partial charge is 0.329 e. The van der Waals surface area contributed by atoms with E-state index in [4.69, 9.17) is 10.00 Å². The van der Waals surface area contributed by atoms with Crippen molar-refractivity contribution in [3.8, 4) is 6.07 Å². The average Bonchev–Trinajstić information content (AvgIpc) is 2.70. The van der Waals surface area contributed by atoms with Gasteiger partial charge in [0, 0.05) is 5.56 Å². The first kappa shape index (κ1) is 19.5. The van der Waals surface area contributed by atoms with Crippen LogP contribution in [-0.2, 0) is 16.1 Å². The molecule has 1 unspecified atom stereocenters. The highest BCUT2D eigenvalue weighted by Gasteiger charge is 2.22. The Morgan fingerprint density at radius 2 is 1.85 bits per heavy atom. The molecular weight excluding hydrogens is 348 g/mol. The highest BCUT2D eigenvalue weighted by atomic mass is 32.2. The maximum absolute atomic E-state index is 12.4. The quantitative estimate of drug-likeness (QED) is 0.724. The molecule has 0 spiro atoms. The summed E-state index contributed by atoms with van der Waals surface area (Å²) in [5.74, 6) is -0.0363. The molecule has 1 N–H and O–H groups in total. The molecule has 26 heavy (non-hydrogen) atoms. The first-order valence-electron chi connectivity index (χ1n) is 8.14. The normalized spacial score (nSPS) is 11.2. The van der Waals surface area contributed by atoms with Gasteiger partial charge in [0.1, 0.15) is 12.6 Å². The van der Waals surface area contributed by atoms with Gasteiger partial charge in [0.25, 0.3) is 5.91 Å². The summed E-state index contributed by atoms with van der Waals surface area (Å²) in [6.45, 7) is 0.0987. The molecule has 0 fully saturated rings. The van der Waals surface area contributed by atoms with E-state index in [1.807, 2.05) is 18.4 Å². The van der Waals surface area contributed by atoms with Gasteiger partial charge in [-0.2, -0.15) is 17.0 Å². The minimum absolute atomic E-state index is 0.0987. The van der Waals surface area contributed by atoms with Gasteiger partial charge in [-0.25, -0.2) is 4.79 Å². The molecule has 0 heterocycles. The number of nitriles is 1. The number of amides is 1. The van der Waals surface area contributed by atoms with E-state index in [2.05, 4.69) is 5.32 Å². The van der Waals surface area contributed by atoms with E-state index in [9.17, 15) is 9.59 Å². The number of rotatable bonds is 8. The highest BCUT2D eigenvalue weighted by molar-refractivity contribution is 7.98. The van der Waals surface area contributed by atoms with Crippen molar-refractivity contribution in [2.75, 3.05) is 12.0 Å². The van der Waals surface area contributed by atoms with Gasteiger partial charge in [0.05, 0.1) is 11.6 Å². The van der Waals surface area contributed by atoms with E-state index >= 15 is 0 Å². The Kier molecular flexibility index (Phi) is 7.72. The second kappa shape index (κ2) is 10.3. The molecule has 0 saturated carbocycles. The zero-order valence-electron chi connectivity index (χ0n) is 14.5. The number of benzene rings is 2. The molecule has 2 aromatic carbocycles. The maximum atomic E-state index is 12.4.